The number of sulfonamides is 1. The fourth-order valence-electron chi connectivity index (χ4n) is 3.67. The normalized spacial score (nSPS) is 17.0. The lowest BCUT2D eigenvalue weighted by molar-refractivity contribution is 0.306. The van der Waals surface area contributed by atoms with Gasteiger partial charge in [-0.05, 0) is 42.5 Å². The van der Waals surface area contributed by atoms with Gasteiger partial charge in [0.25, 0.3) is 0 Å². The Bertz CT molecular complexity index is 914. The Kier molecular flexibility index (Phi) is 6.91. The van der Waals surface area contributed by atoms with Crippen LogP contribution in [0.1, 0.15) is 25.3 Å². The quantitative estimate of drug-likeness (QED) is 0.575. The van der Waals surface area contributed by atoms with Gasteiger partial charge in [-0.1, -0.05) is 42.5 Å². The van der Waals surface area contributed by atoms with E-state index in [1.54, 1.807) is 18.3 Å². The van der Waals surface area contributed by atoms with Crippen molar-refractivity contribution in [1.29, 1.82) is 0 Å². The van der Waals surface area contributed by atoms with Gasteiger partial charge in [-0.25, -0.2) is 12.7 Å². The number of nitrogens with zero attached hydrogens (tertiary/aromatic N) is 2. The van der Waals surface area contributed by atoms with Crippen LogP contribution < -0.4 is 10.6 Å². The molecule has 3 rings (SSSR count). The van der Waals surface area contributed by atoms with E-state index in [1.165, 1.54) is 16.3 Å². The van der Waals surface area contributed by atoms with Crippen LogP contribution in [0.25, 0.3) is 10.8 Å². The summed E-state index contributed by atoms with van der Waals surface area (Å²) in [7, 11) is -1.31. The van der Waals surface area contributed by atoms with Gasteiger partial charge < -0.3 is 10.6 Å². The van der Waals surface area contributed by atoms with Gasteiger partial charge in [-0.15, -0.1) is 0 Å². The van der Waals surface area contributed by atoms with E-state index in [9.17, 15) is 8.42 Å². The average molecular weight is 403 g/mol. The van der Waals surface area contributed by atoms with E-state index < -0.39 is 10.0 Å². The molecule has 0 unspecified atom stereocenters. The SMILES string of the molecule is CCS(=O)(=O)N1CCC(NC(=NC)NCCc2cccc3ccccc23)CC1. The summed E-state index contributed by atoms with van der Waals surface area (Å²) in [6.45, 7) is 3.62. The highest BCUT2D eigenvalue weighted by Gasteiger charge is 2.26. The first kappa shape index (κ1) is 20.6. The van der Waals surface area contributed by atoms with Crippen LogP contribution in [0.3, 0.4) is 0 Å². The zero-order valence-corrected chi connectivity index (χ0v) is 17.5. The molecule has 0 aromatic heterocycles. The van der Waals surface area contributed by atoms with Gasteiger partial charge in [0.1, 0.15) is 0 Å². The first-order valence-corrected chi connectivity index (χ1v) is 11.6. The van der Waals surface area contributed by atoms with Crippen LogP contribution in [0.5, 0.6) is 0 Å². The van der Waals surface area contributed by atoms with Crippen molar-refractivity contribution in [2.24, 2.45) is 4.99 Å². The summed E-state index contributed by atoms with van der Waals surface area (Å²) in [6, 6.07) is 15.1. The van der Waals surface area contributed by atoms with Gasteiger partial charge in [-0.2, -0.15) is 0 Å². The molecule has 1 fully saturated rings. The van der Waals surface area contributed by atoms with Gasteiger partial charge in [0.05, 0.1) is 5.75 Å². The summed E-state index contributed by atoms with van der Waals surface area (Å²) >= 11 is 0. The summed E-state index contributed by atoms with van der Waals surface area (Å²) in [4.78, 5) is 4.32. The summed E-state index contributed by atoms with van der Waals surface area (Å²) < 4.78 is 25.6. The third-order valence-electron chi connectivity index (χ3n) is 5.34. The fourth-order valence-corrected chi connectivity index (χ4v) is 4.81. The number of fused-ring (bicyclic) bond motifs is 1. The van der Waals surface area contributed by atoms with Crippen molar-refractivity contribution in [2.45, 2.75) is 32.2 Å². The Labute approximate surface area is 168 Å². The van der Waals surface area contributed by atoms with Crippen LogP contribution >= 0.6 is 0 Å². The van der Waals surface area contributed by atoms with Crippen LogP contribution in [0.4, 0.5) is 0 Å². The lowest BCUT2D eigenvalue weighted by atomic mass is 10.0. The van der Waals surface area contributed by atoms with E-state index in [0.717, 1.165) is 31.8 Å². The molecule has 1 heterocycles. The van der Waals surface area contributed by atoms with Crippen molar-refractivity contribution in [3.05, 3.63) is 48.0 Å². The Balaban J connectivity index is 1.49. The molecule has 0 saturated carbocycles. The standard InChI is InChI=1S/C21H30N4O2S/c1-3-28(26,27)25-15-12-19(13-16-25)24-21(22-2)23-14-11-18-9-6-8-17-7-4-5-10-20(17)18/h4-10,19H,3,11-16H2,1-2H3,(H2,22,23,24). The number of hydrogen-bond donors (Lipinski definition) is 2. The predicted molar refractivity (Wildman–Crippen MR) is 116 cm³/mol. The summed E-state index contributed by atoms with van der Waals surface area (Å²) in [5, 5.41) is 9.38. The second-order valence-corrected chi connectivity index (χ2v) is 9.36. The molecule has 7 heteroatoms. The highest BCUT2D eigenvalue weighted by Crippen LogP contribution is 2.18. The summed E-state index contributed by atoms with van der Waals surface area (Å²) in [5.74, 6) is 0.944. The van der Waals surface area contributed by atoms with Gasteiger partial charge in [0, 0.05) is 32.7 Å². The van der Waals surface area contributed by atoms with Crippen molar-refractivity contribution in [1.82, 2.24) is 14.9 Å². The number of rotatable bonds is 6. The van der Waals surface area contributed by atoms with E-state index in [2.05, 4.69) is 58.1 Å². The third-order valence-corrected chi connectivity index (χ3v) is 7.22. The number of guanidine groups is 1. The maximum absolute atomic E-state index is 12.0. The predicted octanol–water partition coefficient (Wildman–Crippen LogP) is 2.36. The Morgan fingerprint density at radius 3 is 2.57 bits per heavy atom. The molecular formula is C21H30N4O2S. The second-order valence-electron chi connectivity index (χ2n) is 7.11. The molecule has 1 aliphatic heterocycles. The number of benzene rings is 2. The lowest BCUT2D eigenvalue weighted by Gasteiger charge is -2.32. The largest absolute Gasteiger partial charge is 0.356 e. The van der Waals surface area contributed by atoms with Gasteiger partial charge in [0.15, 0.2) is 5.96 Å². The molecule has 0 aliphatic carbocycles. The van der Waals surface area contributed by atoms with E-state index >= 15 is 0 Å². The van der Waals surface area contributed by atoms with E-state index in [0.29, 0.717) is 13.1 Å². The molecule has 2 aromatic carbocycles. The Morgan fingerprint density at radius 2 is 1.86 bits per heavy atom. The number of piperidine rings is 1. The van der Waals surface area contributed by atoms with E-state index in [1.807, 2.05) is 0 Å². The van der Waals surface area contributed by atoms with E-state index in [4.69, 9.17) is 0 Å². The minimum Gasteiger partial charge on any atom is -0.356 e. The van der Waals surface area contributed by atoms with Crippen molar-refractivity contribution in [2.75, 3.05) is 32.4 Å². The highest BCUT2D eigenvalue weighted by atomic mass is 32.2. The minimum absolute atomic E-state index is 0.169. The van der Waals surface area contributed by atoms with Gasteiger partial charge in [-0.3, -0.25) is 4.99 Å². The van der Waals surface area contributed by atoms with Crippen molar-refractivity contribution >= 4 is 26.8 Å². The van der Waals surface area contributed by atoms with E-state index in [-0.39, 0.29) is 11.8 Å². The summed E-state index contributed by atoms with van der Waals surface area (Å²) in [5.41, 5.74) is 1.32. The number of nitrogens with one attached hydrogen (secondary N) is 2. The fraction of sp³-hybridized carbons (Fsp3) is 0.476. The minimum atomic E-state index is -3.08. The van der Waals surface area contributed by atoms with Crippen LogP contribution in [-0.4, -0.2) is 57.2 Å². The smallest absolute Gasteiger partial charge is 0.213 e. The Morgan fingerprint density at radius 1 is 1.14 bits per heavy atom. The van der Waals surface area contributed by atoms with Crippen LogP contribution in [0.15, 0.2) is 47.5 Å². The molecule has 0 atom stereocenters. The molecule has 28 heavy (non-hydrogen) atoms. The molecular weight excluding hydrogens is 372 g/mol. The van der Waals surface area contributed by atoms with Crippen LogP contribution in [-0.2, 0) is 16.4 Å². The first-order chi connectivity index (χ1) is 13.5. The second kappa shape index (κ2) is 9.39. The zero-order chi connectivity index (χ0) is 20.0. The molecule has 0 radical (unpaired) electrons. The molecule has 2 N–H and O–H groups in total. The highest BCUT2D eigenvalue weighted by molar-refractivity contribution is 7.89. The van der Waals surface area contributed by atoms with Crippen LogP contribution in [0, 0.1) is 0 Å². The van der Waals surface area contributed by atoms with Crippen LogP contribution in [0.2, 0.25) is 0 Å². The maximum Gasteiger partial charge on any atom is 0.213 e. The number of hydrogen-bond acceptors (Lipinski definition) is 3. The third kappa shape index (κ3) is 5.02. The molecule has 1 aliphatic rings. The number of aliphatic imine (C=N–C) groups is 1. The molecule has 0 bridgehead atoms. The molecule has 6 nitrogen and oxygen atoms in total. The first-order valence-electron chi connectivity index (χ1n) is 9.95. The van der Waals surface area contributed by atoms with Gasteiger partial charge >= 0.3 is 0 Å². The van der Waals surface area contributed by atoms with Crippen molar-refractivity contribution < 1.29 is 8.42 Å². The monoisotopic (exact) mass is 402 g/mol. The zero-order valence-electron chi connectivity index (χ0n) is 16.7. The summed E-state index contributed by atoms with van der Waals surface area (Å²) in [6.07, 6.45) is 2.50. The Hall–Kier alpha value is -2.12. The molecule has 0 spiro atoms. The molecule has 152 valence electrons. The average Bonchev–Trinajstić information content (AvgIpc) is 2.73. The van der Waals surface area contributed by atoms with Gasteiger partial charge in [0.2, 0.25) is 10.0 Å². The molecule has 0 amide bonds. The van der Waals surface area contributed by atoms with Crippen molar-refractivity contribution in [3.8, 4) is 0 Å². The van der Waals surface area contributed by atoms with Crippen molar-refractivity contribution in [3.63, 3.8) is 0 Å². The molecule has 2 aromatic rings. The maximum atomic E-state index is 12.0. The lowest BCUT2D eigenvalue weighted by Crippen LogP contribution is -2.50. The molecule has 1 saturated heterocycles. The topological polar surface area (TPSA) is 73.8 Å².